The van der Waals surface area contributed by atoms with Gasteiger partial charge in [-0.15, -0.1) is 0 Å². The summed E-state index contributed by atoms with van der Waals surface area (Å²) in [5.74, 6) is 0.122. The molecule has 0 bridgehead atoms. The molecule has 0 aromatic rings. The van der Waals surface area contributed by atoms with Gasteiger partial charge in [0.25, 0.3) is 0 Å². The maximum Gasteiger partial charge on any atom is 0.472 e. The van der Waals surface area contributed by atoms with E-state index >= 15 is 0 Å². The number of unbranched alkanes of at least 4 members (excludes halogenated alkanes) is 45. The Labute approximate surface area is 607 Å². The molecule has 0 aliphatic rings. The molecule has 0 amide bonds. The molecule has 3 unspecified atom stereocenters. The van der Waals surface area contributed by atoms with Crippen LogP contribution >= 0.6 is 15.6 Å². The number of hydrogen-bond acceptors (Lipinski definition) is 15. The van der Waals surface area contributed by atoms with E-state index < -0.39 is 97.5 Å². The Hall–Kier alpha value is -1.94. The highest BCUT2D eigenvalue weighted by atomic mass is 31.2. The van der Waals surface area contributed by atoms with E-state index in [2.05, 4.69) is 48.5 Å². The number of phosphoric acid groups is 2. The van der Waals surface area contributed by atoms with E-state index in [0.29, 0.717) is 31.6 Å². The van der Waals surface area contributed by atoms with Crippen LogP contribution in [-0.4, -0.2) is 96.7 Å². The normalized spacial score (nSPS) is 14.3. The van der Waals surface area contributed by atoms with Crippen LogP contribution in [0.1, 0.15) is 414 Å². The fourth-order valence-electron chi connectivity index (χ4n) is 12.3. The number of hydrogen-bond donors (Lipinski definition) is 3. The topological polar surface area (TPSA) is 237 Å². The van der Waals surface area contributed by atoms with Crippen molar-refractivity contribution in [1.29, 1.82) is 0 Å². The molecule has 0 radical (unpaired) electrons. The Bertz CT molecular complexity index is 1920. The fourth-order valence-corrected chi connectivity index (χ4v) is 13.9. The molecule has 0 aliphatic heterocycles. The molecule has 0 aliphatic carbocycles. The minimum atomic E-state index is -4.96. The van der Waals surface area contributed by atoms with Crippen molar-refractivity contribution in [3.63, 3.8) is 0 Å². The monoisotopic (exact) mass is 1450 g/mol. The van der Waals surface area contributed by atoms with Crippen LogP contribution in [0.15, 0.2) is 0 Å². The first-order valence-electron chi connectivity index (χ1n) is 41.4. The first kappa shape index (κ1) is 97.1. The lowest BCUT2D eigenvalue weighted by molar-refractivity contribution is -0.161. The summed E-state index contributed by atoms with van der Waals surface area (Å²) in [7, 11) is -9.92. The van der Waals surface area contributed by atoms with Gasteiger partial charge in [0.2, 0.25) is 0 Å². The van der Waals surface area contributed by atoms with Gasteiger partial charge in [-0.1, -0.05) is 363 Å². The number of phosphoric ester groups is 2. The fraction of sp³-hybridized carbons (Fsp3) is 0.950. The Morgan fingerprint density at radius 1 is 0.293 bits per heavy atom. The maximum absolute atomic E-state index is 13.1. The van der Waals surface area contributed by atoms with E-state index in [1.807, 2.05) is 0 Å². The van der Waals surface area contributed by atoms with E-state index in [0.717, 1.165) is 108 Å². The highest BCUT2D eigenvalue weighted by Gasteiger charge is 2.30. The summed E-state index contributed by atoms with van der Waals surface area (Å²) >= 11 is 0. The van der Waals surface area contributed by atoms with Crippen LogP contribution < -0.4 is 0 Å². The summed E-state index contributed by atoms with van der Waals surface area (Å²) in [5.41, 5.74) is 0. The molecule has 588 valence electrons. The molecule has 19 heteroatoms. The van der Waals surface area contributed by atoms with Crippen molar-refractivity contribution in [2.75, 3.05) is 39.6 Å². The zero-order valence-electron chi connectivity index (χ0n) is 65.0. The molecule has 0 aromatic heterocycles. The largest absolute Gasteiger partial charge is 0.472 e. The van der Waals surface area contributed by atoms with Crippen LogP contribution in [-0.2, 0) is 65.4 Å². The number of rotatable bonds is 78. The predicted octanol–water partition coefficient (Wildman–Crippen LogP) is 23.7. The molecule has 0 saturated carbocycles. The summed E-state index contributed by atoms with van der Waals surface area (Å²) in [6, 6.07) is 0. The minimum Gasteiger partial charge on any atom is -0.462 e. The molecule has 0 fully saturated rings. The molecule has 6 atom stereocenters. The van der Waals surface area contributed by atoms with Gasteiger partial charge < -0.3 is 33.8 Å². The van der Waals surface area contributed by atoms with Crippen LogP contribution in [0.3, 0.4) is 0 Å². The van der Waals surface area contributed by atoms with Gasteiger partial charge in [0.1, 0.15) is 19.3 Å². The Morgan fingerprint density at radius 3 is 0.768 bits per heavy atom. The van der Waals surface area contributed by atoms with E-state index in [9.17, 15) is 43.2 Å². The van der Waals surface area contributed by atoms with Crippen molar-refractivity contribution >= 4 is 39.5 Å². The van der Waals surface area contributed by atoms with Crippen molar-refractivity contribution < 1.29 is 80.2 Å². The Kier molecular flexibility index (Phi) is 69.0. The van der Waals surface area contributed by atoms with Crippen LogP contribution in [0.25, 0.3) is 0 Å². The third-order valence-corrected chi connectivity index (χ3v) is 20.9. The van der Waals surface area contributed by atoms with Gasteiger partial charge in [0.15, 0.2) is 12.2 Å². The minimum absolute atomic E-state index is 0.104. The van der Waals surface area contributed by atoms with Gasteiger partial charge in [0.05, 0.1) is 26.4 Å². The quantitative estimate of drug-likeness (QED) is 0.0222. The van der Waals surface area contributed by atoms with Crippen LogP contribution in [0.4, 0.5) is 0 Å². The first-order valence-corrected chi connectivity index (χ1v) is 44.4. The number of aliphatic hydroxyl groups excluding tert-OH is 1. The average molecular weight is 1450 g/mol. The lowest BCUT2D eigenvalue weighted by atomic mass is 9.99. The molecular formula is C80H156O17P2. The Morgan fingerprint density at radius 2 is 0.515 bits per heavy atom. The summed E-state index contributed by atoms with van der Waals surface area (Å²) in [5, 5.41) is 10.6. The molecule has 0 rings (SSSR count). The lowest BCUT2D eigenvalue weighted by Gasteiger charge is -2.21. The van der Waals surface area contributed by atoms with Gasteiger partial charge in [-0.3, -0.25) is 37.3 Å². The predicted molar refractivity (Wildman–Crippen MR) is 405 cm³/mol. The van der Waals surface area contributed by atoms with Crippen molar-refractivity contribution in [3.05, 3.63) is 0 Å². The van der Waals surface area contributed by atoms with E-state index in [-0.39, 0.29) is 25.7 Å². The summed E-state index contributed by atoms with van der Waals surface area (Å²) in [6.07, 6.45) is 58.6. The van der Waals surface area contributed by atoms with Gasteiger partial charge >= 0.3 is 39.5 Å². The Balaban J connectivity index is 5.20. The number of carbonyl (C=O) groups is 4. The maximum atomic E-state index is 13.1. The van der Waals surface area contributed by atoms with Crippen LogP contribution in [0.2, 0.25) is 0 Å². The SMILES string of the molecule is CCCCCCCCCCCCCCCCCCCCCCCCC(=O)O[C@H](COC(=O)CCCCCCCCCCCCCCCC(C)C)COP(=O)(O)OC[C@@H](O)COP(=O)(O)OC[C@@H](COC(=O)CCCCCCCCC(C)C)OC(=O)CCCCCCCCCCC(C)CC. The second-order valence-electron chi connectivity index (χ2n) is 30.0. The molecule has 3 N–H and O–H groups in total. The highest BCUT2D eigenvalue weighted by molar-refractivity contribution is 7.47. The zero-order chi connectivity index (χ0) is 73.0. The van der Waals surface area contributed by atoms with Gasteiger partial charge in [-0.25, -0.2) is 9.13 Å². The third kappa shape index (κ3) is 72.8. The highest BCUT2D eigenvalue weighted by Crippen LogP contribution is 2.45. The van der Waals surface area contributed by atoms with Crippen molar-refractivity contribution in [2.45, 2.75) is 433 Å². The molecule has 99 heavy (non-hydrogen) atoms. The number of carbonyl (C=O) groups excluding carboxylic acids is 4. The molecule has 0 heterocycles. The molecule has 0 aromatic carbocycles. The summed E-state index contributed by atoms with van der Waals surface area (Å²) < 4.78 is 68.6. The van der Waals surface area contributed by atoms with Gasteiger partial charge in [-0.2, -0.15) is 0 Å². The van der Waals surface area contributed by atoms with Crippen molar-refractivity contribution in [2.24, 2.45) is 17.8 Å². The van der Waals surface area contributed by atoms with E-state index in [1.54, 1.807) is 0 Å². The van der Waals surface area contributed by atoms with Crippen LogP contribution in [0.5, 0.6) is 0 Å². The second kappa shape index (κ2) is 70.4. The summed E-state index contributed by atoms with van der Waals surface area (Å²) in [6.45, 7) is 11.9. The van der Waals surface area contributed by atoms with Gasteiger partial charge in [0, 0.05) is 25.7 Å². The summed E-state index contributed by atoms with van der Waals surface area (Å²) in [4.78, 5) is 72.9. The average Bonchev–Trinajstić information content (AvgIpc) is 1.91. The standard InChI is InChI=1S/C80H156O17P2/c1-8-10-11-12-13-14-15-16-17-18-19-20-21-22-23-24-27-31-34-40-49-56-63-79(84)96-75(67-90-77(82)61-54-47-39-33-30-28-25-26-29-32-37-44-51-58-71(3)4)69-94-98(86,87)92-65-74(81)66-93-99(88,89)95-70-76(68-91-78(83)62-55-48-43-42-45-52-59-72(5)6)97-80(85)64-57-50-41-36-35-38-46-53-60-73(7)9-2/h71-76,81H,8-70H2,1-7H3,(H,86,87)(H,88,89)/t73?,74-,75-,76-/m1/s1. The second-order valence-corrected chi connectivity index (χ2v) is 32.9. The molecular weight excluding hydrogens is 1290 g/mol. The van der Waals surface area contributed by atoms with Crippen LogP contribution in [0, 0.1) is 17.8 Å². The molecule has 0 spiro atoms. The van der Waals surface area contributed by atoms with Gasteiger partial charge in [-0.05, 0) is 43.4 Å². The first-order chi connectivity index (χ1) is 47.8. The van der Waals surface area contributed by atoms with E-state index in [1.165, 1.54) is 218 Å². The lowest BCUT2D eigenvalue weighted by Crippen LogP contribution is -2.30. The zero-order valence-corrected chi connectivity index (χ0v) is 66.8. The molecule has 17 nitrogen and oxygen atoms in total. The van der Waals surface area contributed by atoms with Crippen molar-refractivity contribution in [3.8, 4) is 0 Å². The number of ether oxygens (including phenoxy) is 4. The number of aliphatic hydroxyl groups is 1. The molecule has 0 saturated heterocycles. The third-order valence-electron chi connectivity index (χ3n) is 19.0. The smallest absolute Gasteiger partial charge is 0.462 e. The van der Waals surface area contributed by atoms with Crippen molar-refractivity contribution in [1.82, 2.24) is 0 Å². The van der Waals surface area contributed by atoms with E-state index in [4.69, 9.17) is 37.0 Å². The number of esters is 4.